The van der Waals surface area contributed by atoms with Crippen LogP contribution >= 0.6 is 0 Å². The first-order valence-corrected chi connectivity index (χ1v) is 8.43. The molecular weight excluding hydrogens is 362 g/mol. The maximum absolute atomic E-state index is 11.2. The first-order valence-electron chi connectivity index (χ1n) is 8.43. The molecule has 0 aliphatic heterocycles. The number of hydrogen-bond acceptors (Lipinski definition) is 8. The standard InChI is InChI=1S/C19H19N5O4/c1-13(12-20)23(14(2)28-15(3)25)18-8-4-16(5-9-18)21-22-17-6-10-19(11-7-17)24(26)27/h4-11,13-14H,1-3H3. The summed E-state index contributed by atoms with van der Waals surface area (Å²) in [6.45, 7) is 4.72. The van der Waals surface area contributed by atoms with Crippen LogP contribution in [-0.4, -0.2) is 23.2 Å². The van der Waals surface area contributed by atoms with E-state index in [1.54, 1.807) is 43.0 Å². The van der Waals surface area contributed by atoms with E-state index in [1.165, 1.54) is 31.2 Å². The van der Waals surface area contributed by atoms with Crippen molar-refractivity contribution in [3.63, 3.8) is 0 Å². The lowest BCUT2D eigenvalue weighted by atomic mass is 10.2. The summed E-state index contributed by atoms with van der Waals surface area (Å²) in [5.41, 5.74) is 1.72. The first kappa shape index (κ1) is 20.5. The highest BCUT2D eigenvalue weighted by molar-refractivity contribution is 5.67. The third-order valence-corrected chi connectivity index (χ3v) is 3.82. The van der Waals surface area contributed by atoms with Crippen molar-refractivity contribution in [2.24, 2.45) is 10.2 Å². The maximum Gasteiger partial charge on any atom is 0.304 e. The van der Waals surface area contributed by atoms with E-state index in [4.69, 9.17) is 4.74 Å². The van der Waals surface area contributed by atoms with Gasteiger partial charge in [-0.1, -0.05) is 0 Å². The average Bonchev–Trinajstić information content (AvgIpc) is 2.67. The number of hydrogen-bond donors (Lipinski definition) is 0. The molecule has 9 nitrogen and oxygen atoms in total. The topological polar surface area (TPSA) is 121 Å². The van der Waals surface area contributed by atoms with E-state index in [1.807, 2.05) is 0 Å². The number of carbonyl (C=O) groups is 1. The Balaban J connectivity index is 2.17. The van der Waals surface area contributed by atoms with Gasteiger partial charge >= 0.3 is 5.97 Å². The van der Waals surface area contributed by atoms with Gasteiger partial charge in [0.25, 0.3) is 5.69 Å². The fourth-order valence-electron chi connectivity index (χ4n) is 2.56. The number of non-ortho nitro benzene ring substituents is 1. The summed E-state index contributed by atoms with van der Waals surface area (Å²) in [6.07, 6.45) is -0.611. The minimum Gasteiger partial charge on any atom is -0.442 e. The van der Waals surface area contributed by atoms with Gasteiger partial charge in [-0.25, -0.2) is 0 Å². The molecule has 0 heterocycles. The van der Waals surface area contributed by atoms with Crippen molar-refractivity contribution in [3.8, 4) is 6.07 Å². The summed E-state index contributed by atoms with van der Waals surface area (Å²) in [4.78, 5) is 23.1. The van der Waals surface area contributed by atoms with Crippen LogP contribution in [-0.2, 0) is 9.53 Å². The van der Waals surface area contributed by atoms with Gasteiger partial charge in [0.2, 0.25) is 0 Å². The summed E-state index contributed by atoms with van der Waals surface area (Å²) in [6, 6.07) is 14.3. The zero-order valence-electron chi connectivity index (χ0n) is 15.6. The fourth-order valence-corrected chi connectivity index (χ4v) is 2.56. The number of carbonyl (C=O) groups excluding carboxylic acids is 1. The highest BCUT2D eigenvalue weighted by atomic mass is 16.6. The number of benzene rings is 2. The lowest BCUT2D eigenvalue weighted by molar-refractivity contribution is -0.384. The van der Waals surface area contributed by atoms with Gasteiger partial charge in [-0.15, -0.1) is 0 Å². The van der Waals surface area contributed by atoms with Crippen molar-refractivity contribution >= 4 is 28.7 Å². The van der Waals surface area contributed by atoms with E-state index in [-0.39, 0.29) is 5.69 Å². The Kier molecular flexibility index (Phi) is 6.76. The first-order chi connectivity index (χ1) is 13.3. The largest absolute Gasteiger partial charge is 0.442 e. The molecule has 0 radical (unpaired) electrons. The summed E-state index contributed by atoms with van der Waals surface area (Å²) >= 11 is 0. The lowest BCUT2D eigenvalue weighted by Gasteiger charge is -2.32. The van der Waals surface area contributed by atoms with Crippen LogP contribution in [0, 0.1) is 21.4 Å². The molecular formula is C19H19N5O4. The van der Waals surface area contributed by atoms with Crippen molar-refractivity contribution < 1.29 is 14.5 Å². The Morgan fingerprint density at radius 1 is 1.11 bits per heavy atom. The summed E-state index contributed by atoms with van der Waals surface area (Å²) in [7, 11) is 0. The fraction of sp³-hybridized carbons (Fsp3) is 0.263. The van der Waals surface area contributed by atoms with Gasteiger partial charge in [0.1, 0.15) is 6.04 Å². The number of nitro groups is 1. The molecule has 2 rings (SSSR count). The maximum atomic E-state index is 11.2. The van der Waals surface area contributed by atoms with E-state index < -0.39 is 23.2 Å². The van der Waals surface area contributed by atoms with Crippen molar-refractivity contribution in [1.82, 2.24) is 0 Å². The van der Waals surface area contributed by atoms with Gasteiger partial charge in [-0.3, -0.25) is 14.9 Å². The SMILES string of the molecule is CC(=O)OC(C)N(c1ccc(N=Nc2ccc([N+](=O)[O-])cc2)cc1)C(C)C#N. The molecule has 28 heavy (non-hydrogen) atoms. The number of rotatable bonds is 7. The van der Waals surface area contributed by atoms with Crippen LogP contribution in [0.4, 0.5) is 22.7 Å². The molecule has 0 saturated carbocycles. The van der Waals surface area contributed by atoms with Crippen LogP contribution in [0.2, 0.25) is 0 Å². The molecule has 144 valence electrons. The molecule has 0 saturated heterocycles. The van der Waals surface area contributed by atoms with Crippen molar-refractivity contribution in [2.45, 2.75) is 33.0 Å². The van der Waals surface area contributed by atoms with Crippen LogP contribution in [0.25, 0.3) is 0 Å². The number of nitro benzene ring substituents is 1. The minimum atomic E-state index is -0.611. The van der Waals surface area contributed by atoms with Crippen LogP contribution in [0.5, 0.6) is 0 Å². The molecule has 0 fully saturated rings. The van der Waals surface area contributed by atoms with E-state index >= 15 is 0 Å². The predicted octanol–water partition coefficient (Wildman–Crippen LogP) is 4.64. The Hall–Kier alpha value is -3.80. The Morgan fingerprint density at radius 2 is 1.61 bits per heavy atom. The third-order valence-electron chi connectivity index (χ3n) is 3.82. The second kappa shape index (κ2) is 9.23. The Labute approximate surface area is 162 Å². The number of nitriles is 1. The Bertz CT molecular complexity index is 903. The smallest absolute Gasteiger partial charge is 0.304 e. The number of esters is 1. The number of azo groups is 1. The third kappa shape index (κ3) is 5.35. The van der Waals surface area contributed by atoms with Gasteiger partial charge in [0, 0.05) is 24.7 Å². The van der Waals surface area contributed by atoms with E-state index in [2.05, 4.69) is 16.3 Å². The van der Waals surface area contributed by atoms with Crippen molar-refractivity contribution in [2.75, 3.05) is 4.90 Å². The quantitative estimate of drug-likeness (QED) is 0.226. The Morgan fingerprint density at radius 3 is 2.04 bits per heavy atom. The molecule has 0 amide bonds. The highest BCUT2D eigenvalue weighted by Crippen LogP contribution is 2.26. The van der Waals surface area contributed by atoms with Gasteiger partial charge in [-0.05, 0) is 50.2 Å². The summed E-state index contributed by atoms with van der Waals surface area (Å²) in [5.74, 6) is -0.434. The molecule has 0 spiro atoms. The van der Waals surface area contributed by atoms with E-state index in [9.17, 15) is 20.2 Å². The molecule has 0 bridgehead atoms. The molecule has 9 heteroatoms. The van der Waals surface area contributed by atoms with Crippen molar-refractivity contribution in [3.05, 3.63) is 58.6 Å². The predicted molar refractivity (Wildman–Crippen MR) is 102 cm³/mol. The molecule has 0 aliphatic carbocycles. The van der Waals surface area contributed by atoms with Gasteiger partial charge in [-0.2, -0.15) is 15.5 Å². The monoisotopic (exact) mass is 381 g/mol. The van der Waals surface area contributed by atoms with Gasteiger partial charge in [0.05, 0.1) is 22.4 Å². The molecule has 0 N–H and O–H groups in total. The van der Waals surface area contributed by atoms with Crippen LogP contribution < -0.4 is 4.90 Å². The summed E-state index contributed by atoms with van der Waals surface area (Å²) < 4.78 is 5.20. The van der Waals surface area contributed by atoms with Crippen LogP contribution in [0.3, 0.4) is 0 Å². The number of nitrogens with zero attached hydrogens (tertiary/aromatic N) is 5. The zero-order chi connectivity index (χ0) is 20.7. The molecule has 0 aliphatic rings. The van der Waals surface area contributed by atoms with E-state index in [0.717, 1.165) is 0 Å². The van der Waals surface area contributed by atoms with Gasteiger partial charge < -0.3 is 9.64 Å². The summed E-state index contributed by atoms with van der Waals surface area (Å²) in [5, 5.41) is 28.1. The van der Waals surface area contributed by atoms with Crippen molar-refractivity contribution in [1.29, 1.82) is 5.26 Å². The minimum absolute atomic E-state index is 0.0168. The highest BCUT2D eigenvalue weighted by Gasteiger charge is 2.22. The van der Waals surface area contributed by atoms with Gasteiger partial charge in [0.15, 0.2) is 6.23 Å². The van der Waals surface area contributed by atoms with E-state index in [0.29, 0.717) is 17.1 Å². The average molecular weight is 381 g/mol. The van der Waals surface area contributed by atoms with Crippen LogP contribution in [0.15, 0.2) is 58.8 Å². The second-order valence-electron chi connectivity index (χ2n) is 5.91. The molecule has 2 aromatic rings. The second-order valence-corrected chi connectivity index (χ2v) is 5.91. The molecule has 2 unspecified atom stereocenters. The lowest BCUT2D eigenvalue weighted by Crippen LogP contribution is -2.42. The molecule has 2 aromatic carbocycles. The zero-order valence-corrected chi connectivity index (χ0v) is 15.6. The number of ether oxygens (including phenoxy) is 1. The molecule has 0 aromatic heterocycles. The van der Waals surface area contributed by atoms with Crippen LogP contribution in [0.1, 0.15) is 20.8 Å². The number of anilines is 1. The molecule has 2 atom stereocenters. The normalized spacial score (nSPS) is 12.8.